The predicted molar refractivity (Wildman–Crippen MR) is 106 cm³/mol. The fourth-order valence-corrected chi connectivity index (χ4v) is 4.70. The number of hydrogen-bond acceptors (Lipinski definition) is 5. The number of nitrogens with zero attached hydrogens (tertiary/aromatic N) is 2. The molecule has 0 radical (unpaired) electrons. The van der Waals surface area contributed by atoms with Crippen LogP contribution in [0.3, 0.4) is 0 Å². The zero-order valence-electron chi connectivity index (χ0n) is 14.9. The van der Waals surface area contributed by atoms with Gasteiger partial charge in [-0.2, -0.15) is 0 Å². The quantitative estimate of drug-likeness (QED) is 0.704. The number of carbonyl (C=O) groups excluding carboxylic acids is 2. The van der Waals surface area contributed by atoms with Crippen LogP contribution >= 0.6 is 11.3 Å². The summed E-state index contributed by atoms with van der Waals surface area (Å²) in [7, 11) is 0. The molecule has 0 bridgehead atoms. The Kier molecular flexibility index (Phi) is 4.61. The lowest BCUT2D eigenvalue weighted by molar-refractivity contribution is -0.114. The van der Waals surface area contributed by atoms with E-state index < -0.39 is 0 Å². The van der Waals surface area contributed by atoms with E-state index in [2.05, 4.69) is 10.3 Å². The molecule has 2 aromatic heterocycles. The number of aromatic nitrogens is 2. The third kappa shape index (κ3) is 3.42. The van der Waals surface area contributed by atoms with E-state index in [4.69, 9.17) is 0 Å². The fraction of sp³-hybridized carbons (Fsp3) is 0.300. The molecule has 2 heterocycles. The van der Waals surface area contributed by atoms with Crippen molar-refractivity contribution in [3.63, 3.8) is 0 Å². The van der Waals surface area contributed by atoms with Gasteiger partial charge in [-0.05, 0) is 55.5 Å². The van der Waals surface area contributed by atoms with Crippen molar-refractivity contribution in [3.05, 3.63) is 57.0 Å². The summed E-state index contributed by atoms with van der Waals surface area (Å²) in [6.07, 6.45) is 5.63. The van der Waals surface area contributed by atoms with E-state index in [1.807, 2.05) is 0 Å². The highest BCUT2D eigenvalue weighted by atomic mass is 32.1. The first kappa shape index (κ1) is 17.6. The number of nitrogens with one attached hydrogen (secondary N) is 1. The Morgan fingerprint density at radius 2 is 1.93 bits per heavy atom. The molecule has 0 saturated heterocycles. The van der Waals surface area contributed by atoms with Crippen molar-refractivity contribution in [3.8, 4) is 0 Å². The third-order valence-electron chi connectivity index (χ3n) is 4.78. The van der Waals surface area contributed by atoms with Gasteiger partial charge in [0, 0.05) is 23.1 Å². The number of thiophene rings is 1. The van der Waals surface area contributed by atoms with Gasteiger partial charge in [-0.3, -0.25) is 19.0 Å². The van der Waals surface area contributed by atoms with Gasteiger partial charge < -0.3 is 5.32 Å². The van der Waals surface area contributed by atoms with Gasteiger partial charge in [-0.1, -0.05) is 0 Å². The largest absolute Gasteiger partial charge is 0.326 e. The third-order valence-corrected chi connectivity index (χ3v) is 5.98. The number of fused-ring (bicyclic) bond motifs is 3. The molecule has 1 aliphatic carbocycles. The normalized spacial score (nSPS) is 13.4. The highest BCUT2D eigenvalue weighted by molar-refractivity contribution is 7.18. The van der Waals surface area contributed by atoms with Crippen molar-refractivity contribution in [2.24, 2.45) is 0 Å². The van der Waals surface area contributed by atoms with E-state index in [1.54, 1.807) is 35.6 Å². The van der Waals surface area contributed by atoms with E-state index in [-0.39, 0.29) is 23.8 Å². The monoisotopic (exact) mass is 381 g/mol. The number of benzene rings is 1. The predicted octanol–water partition coefficient (Wildman–Crippen LogP) is 3.18. The first-order valence-electron chi connectivity index (χ1n) is 8.93. The van der Waals surface area contributed by atoms with Crippen molar-refractivity contribution in [1.29, 1.82) is 0 Å². The number of aryl methyl sites for hydroxylation is 2. The van der Waals surface area contributed by atoms with Gasteiger partial charge >= 0.3 is 0 Å². The molecule has 0 atom stereocenters. The molecule has 0 fully saturated rings. The van der Waals surface area contributed by atoms with Crippen molar-refractivity contribution >= 4 is 38.9 Å². The molecule has 4 rings (SSSR count). The second-order valence-corrected chi connectivity index (χ2v) is 7.83. The average molecular weight is 381 g/mol. The summed E-state index contributed by atoms with van der Waals surface area (Å²) >= 11 is 1.60. The molecule has 0 unspecified atom stereocenters. The molecule has 0 aliphatic heterocycles. The Hall–Kier alpha value is -2.80. The lowest BCUT2D eigenvalue weighted by atomic mass is 9.97. The first-order valence-corrected chi connectivity index (χ1v) is 9.75. The van der Waals surface area contributed by atoms with E-state index in [9.17, 15) is 14.4 Å². The Labute approximate surface area is 159 Å². The Bertz CT molecular complexity index is 1100. The standard InChI is InChI=1S/C20H19N3O3S/c1-12(24)22-14-8-6-13(7-9-14)16(25)10-23-11-21-19-18(20(23)26)15-4-2-3-5-17(15)27-19/h6-9,11H,2-5,10H2,1H3,(H,22,24). The van der Waals surface area contributed by atoms with Crippen LogP contribution in [0.15, 0.2) is 35.4 Å². The molecule has 1 N–H and O–H groups in total. The fourth-order valence-electron chi connectivity index (χ4n) is 3.48. The highest BCUT2D eigenvalue weighted by Gasteiger charge is 2.20. The molecule has 1 aliphatic rings. The Morgan fingerprint density at radius 3 is 2.67 bits per heavy atom. The second-order valence-electron chi connectivity index (χ2n) is 6.75. The van der Waals surface area contributed by atoms with Crippen LogP contribution in [-0.2, 0) is 24.2 Å². The number of amides is 1. The van der Waals surface area contributed by atoms with Gasteiger partial charge in [0.25, 0.3) is 5.56 Å². The van der Waals surface area contributed by atoms with Crippen LogP contribution in [0.5, 0.6) is 0 Å². The summed E-state index contributed by atoms with van der Waals surface area (Å²) in [6, 6.07) is 6.65. The number of Topliss-reactive ketones (excluding diaryl/α,β-unsaturated/α-hetero) is 1. The van der Waals surface area contributed by atoms with Crippen molar-refractivity contribution in [2.45, 2.75) is 39.2 Å². The molecule has 3 aromatic rings. The Morgan fingerprint density at radius 1 is 1.19 bits per heavy atom. The minimum atomic E-state index is -0.170. The minimum Gasteiger partial charge on any atom is -0.326 e. The maximum absolute atomic E-state index is 12.9. The summed E-state index contributed by atoms with van der Waals surface area (Å²) in [5.74, 6) is -0.337. The molecule has 0 spiro atoms. The van der Waals surface area contributed by atoms with Gasteiger partial charge in [0.05, 0.1) is 18.3 Å². The van der Waals surface area contributed by atoms with Gasteiger partial charge in [-0.25, -0.2) is 4.98 Å². The van der Waals surface area contributed by atoms with Gasteiger partial charge in [0.1, 0.15) is 4.83 Å². The number of carbonyl (C=O) groups is 2. The van der Waals surface area contributed by atoms with Crippen LogP contribution in [-0.4, -0.2) is 21.2 Å². The zero-order valence-corrected chi connectivity index (χ0v) is 15.8. The van der Waals surface area contributed by atoms with E-state index >= 15 is 0 Å². The first-order chi connectivity index (χ1) is 13.0. The summed E-state index contributed by atoms with van der Waals surface area (Å²) in [4.78, 5) is 43.1. The smallest absolute Gasteiger partial charge is 0.262 e. The number of hydrogen-bond donors (Lipinski definition) is 1. The van der Waals surface area contributed by atoms with E-state index in [0.717, 1.165) is 36.1 Å². The van der Waals surface area contributed by atoms with Crippen LogP contribution in [0.4, 0.5) is 5.69 Å². The summed E-state index contributed by atoms with van der Waals surface area (Å²) in [5, 5.41) is 3.35. The lowest BCUT2D eigenvalue weighted by Gasteiger charge is -2.10. The van der Waals surface area contributed by atoms with Crippen LogP contribution < -0.4 is 10.9 Å². The lowest BCUT2D eigenvalue weighted by Crippen LogP contribution is -2.25. The SMILES string of the molecule is CC(=O)Nc1ccc(C(=O)Cn2cnc3sc4c(c3c2=O)CCCC4)cc1. The maximum atomic E-state index is 12.9. The van der Waals surface area contributed by atoms with Crippen LogP contribution in [0, 0.1) is 0 Å². The Balaban J connectivity index is 1.61. The van der Waals surface area contributed by atoms with Crippen LogP contribution in [0.2, 0.25) is 0 Å². The highest BCUT2D eigenvalue weighted by Crippen LogP contribution is 2.33. The molecular weight excluding hydrogens is 362 g/mol. The molecule has 7 heteroatoms. The second kappa shape index (κ2) is 7.08. The average Bonchev–Trinajstić information content (AvgIpc) is 3.03. The summed E-state index contributed by atoms with van der Waals surface area (Å²) < 4.78 is 1.40. The van der Waals surface area contributed by atoms with Crippen molar-refractivity contribution in [1.82, 2.24) is 9.55 Å². The zero-order chi connectivity index (χ0) is 19.0. The molecule has 1 amide bonds. The molecule has 1 aromatic carbocycles. The molecule has 27 heavy (non-hydrogen) atoms. The number of anilines is 1. The minimum absolute atomic E-state index is 0.0497. The van der Waals surface area contributed by atoms with Crippen molar-refractivity contribution in [2.75, 3.05) is 5.32 Å². The maximum Gasteiger partial charge on any atom is 0.262 e. The molecular formula is C20H19N3O3S. The van der Waals surface area contributed by atoms with Gasteiger partial charge in [0.15, 0.2) is 5.78 Å². The van der Waals surface area contributed by atoms with Gasteiger partial charge in [0.2, 0.25) is 5.91 Å². The number of ketones is 1. The molecule has 6 nitrogen and oxygen atoms in total. The van der Waals surface area contributed by atoms with Crippen molar-refractivity contribution < 1.29 is 9.59 Å². The van der Waals surface area contributed by atoms with Crippen LogP contribution in [0.1, 0.15) is 40.6 Å². The van der Waals surface area contributed by atoms with E-state index in [1.165, 1.54) is 22.7 Å². The number of rotatable bonds is 4. The van der Waals surface area contributed by atoms with Gasteiger partial charge in [-0.15, -0.1) is 11.3 Å². The molecule has 138 valence electrons. The van der Waals surface area contributed by atoms with E-state index in [0.29, 0.717) is 16.6 Å². The topological polar surface area (TPSA) is 81.1 Å². The van der Waals surface area contributed by atoms with Crippen LogP contribution in [0.25, 0.3) is 10.2 Å². The molecule has 0 saturated carbocycles. The summed E-state index contributed by atoms with van der Waals surface area (Å²) in [5.41, 5.74) is 2.11. The summed E-state index contributed by atoms with van der Waals surface area (Å²) in [6.45, 7) is 1.38.